The summed E-state index contributed by atoms with van der Waals surface area (Å²) in [4.78, 5) is 21.9. The van der Waals surface area contributed by atoms with Crippen LogP contribution in [0.4, 0.5) is 5.69 Å². The molecule has 0 radical (unpaired) electrons. The standard InChI is InChI=1S/C12H8BrNO4S/c1-7(15)11-6-10(14(16)17)12(19-11)18-9-4-2-3-8(13)5-9/h2-6H,1H3. The van der Waals surface area contributed by atoms with E-state index in [0.29, 0.717) is 10.6 Å². The van der Waals surface area contributed by atoms with Gasteiger partial charge >= 0.3 is 5.69 Å². The van der Waals surface area contributed by atoms with E-state index in [1.165, 1.54) is 13.0 Å². The third-order valence-corrected chi connectivity index (χ3v) is 3.83. The van der Waals surface area contributed by atoms with Crippen LogP contribution in [0.25, 0.3) is 0 Å². The van der Waals surface area contributed by atoms with Crippen LogP contribution in [0.5, 0.6) is 10.8 Å². The van der Waals surface area contributed by atoms with Crippen molar-refractivity contribution in [1.29, 1.82) is 0 Å². The summed E-state index contributed by atoms with van der Waals surface area (Å²) >= 11 is 4.25. The van der Waals surface area contributed by atoms with Crippen LogP contribution in [-0.2, 0) is 0 Å². The van der Waals surface area contributed by atoms with Crippen molar-refractivity contribution in [3.8, 4) is 10.8 Å². The second kappa shape index (κ2) is 5.50. The molecule has 0 fully saturated rings. The average molecular weight is 342 g/mol. The molecule has 0 unspecified atom stereocenters. The highest BCUT2D eigenvalue weighted by molar-refractivity contribution is 9.10. The lowest BCUT2D eigenvalue weighted by molar-refractivity contribution is -0.385. The number of nitro groups is 1. The molecule has 19 heavy (non-hydrogen) atoms. The molecule has 7 heteroatoms. The fraction of sp³-hybridized carbons (Fsp3) is 0.0833. The number of ether oxygens (including phenoxy) is 1. The van der Waals surface area contributed by atoms with Gasteiger partial charge in [-0.15, -0.1) is 0 Å². The molecule has 0 saturated carbocycles. The molecule has 0 spiro atoms. The van der Waals surface area contributed by atoms with E-state index in [2.05, 4.69) is 15.9 Å². The normalized spacial score (nSPS) is 10.2. The summed E-state index contributed by atoms with van der Waals surface area (Å²) in [6.07, 6.45) is 0. The third-order valence-electron chi connectivity index (χ3n) is 2.23. The van der Waals surface area contributed by atoms with E-state index < -0.39 is 4.92 Å². The Morgan fingerprint density at radius 2 is 2.16 bits per heavy atom. The number of Topliss-reactive ketones (excluding diaryl/α,β-unsaturated/α-hetero) is 1. The second-order valence-corrected chi connectivity index (χ2v) is 5.59. The molecule has 0 aliphatic carbocycles. The van der Waals surface area contributed by atoms with E-state index >= 15 is 0 Å². The maximum atomic E-state index is 11.3. The molecule has 0 amide bonds. The minimum atomic E-state index is -0.559. The molecule has 2 aromatic rings. The van der Waals surface area contributed by atoms with Gasteiger partial charge in [0, 0.05) is 10.5 Å². The van der Waals surface area contributed by atoms with E-state index in [-0.39, 0.29) is 16.5 Å². The van der Waals surface area contributed by atoms with E-state index in [0.717, 1.165) is 15.8 Å². The molecule has 98 valence electrons. The SMILES string of the molecule is CC(=O)c1cc([N+](=O)[O-])c(Oc2cccc(Br)c2)s1. The van der Waals surface area contributed by atoms with Gasteiger partial charge in [-0.05, 0) is 25.1 Å². The fourth-order valence-electron chi connectivity index (χ4n) is 1.38. The summed E-state index contributed by atoms with van der Waals surface area (Å²) in [7, 11) is 0. The van der Waals surface area contributed by atoms with Gasteiger partial charge in [0.1, 0.15) is 5.75 Å². The van der Waals surface area contributed by atoms with Crippen molar-refractivity contribution >= 4 is 38.7 Å². The van der Waals surface area contributed by atoms with Gasteiger partial charge in [0.25, 0.3) is 5.06 Å². The highest BCUT2D eigenvalue weighted by atomic mass is 79.9. The Morgan fingerprint density at radius 1 is 1.42 bits per heavy atom. The summed E-state index contributed by atoms with van der Waals surface area (Å²) < 4.78 is 6.28. The van der Waals surface area contributed by atoms with Crippen molar-refractivity contribution in [2.24, 2.45) is 0 Å². The molecule has 0 atom stereocenters. The molecule has 0 N–H and O–H groups in total. The fourth-order valence-corrected chi connectivity index (χ4v) is 2.64. The molecule has 0 bridgehead atoms. The van der Waals surface area contributed by atoms with E-state index in [1.807, 2.05) is 6.07 Å². The van der Waals surface area contributed by atoms with Crippen molar-refractivity contribution in [2.75, 3.05) is 0 Å². The maximum Gasteiger partial charge on any atom is 0.323 e. The zero-order valence-electron chi connectivity index (χ0n) is 9.75. The number of nitrogens with zero attached hydrogens (tertiary/aromatic N) is 1. The van der Waals surface area contributed by atoms with Crippen LogP contribution in [0.3, 0.4) is 0 Å². The van der Waals surface area contributed by atoms with Crippen LogP contribution in [0.15, 0.2) is 34.8 Å². The molecule has 0 aliphatic heterocycles. The Morgan fingerprint density at radius 3 is 2.74 bits per heavy atom. The van der Waals surface area contributed by atoms with Crippen LogP contribution in [0.2, 0.25) is 0 Å². The predicted molar refractivity (Wildman–Crippen MR) is 75.2 cm³/mol. The Bertz CT molecular complexity index is 653. The van der Waals surface area contributed by atoms with Crippen LogP contribution >= 0.6 is 27.3 Å². The van der Waals surface area contributed by atoms with Gasteiger partial charge in [0.05, 0.1) is 9.80 Å². The first kappa shape index (κ1) is 13.7. The van der Waals surface area contributed by atoms with E-state index in [9.17, 15) is 14.9 Å². The minimum Gasteiger partial charge on any atom is -0.440 e. The molecule has 1 aromatic heterocycles. The third kappa shape index (κ3) is 3.18. The smallest absolute Gasteiger partial charge is 0.323 e. The Hall–Kier alpha value is -1.73. The van der Waals surface area contributed by atoms with Gasteiger partial charge < -0.3 is 4.74 Å². The quantitative estimate of drug-likeness (QED) is 0.469. The lowest BCUT2D eigenvalue weighted by Gasteiger charge is -2.02. The lowest BCUT2D eigenvalue weighted by Crippen LogP contribution is -1.89. The summed E-state index contributed by atoms with van der Waals surface area (Å²) in [6.45, 7) is 1.36. The first-order valence-corrected chi connectivity index (χ1v) is 6.81. The monoisotopic (exact) mass is 341 g/mol. The number of ketones is 1. The summed E-state index contributed by atoms with van der Waals surface area (Å²) in [5.74, 6) is 0.242. The van der Waals surface area contributed by atoms with E-state index in [4.69, 9.17) is 4.74 Å². The molecular weight excluding hydrogens is 334 g/mol. The first-order chi connectivity index (χ1) is 8.97. The maximum absolute atomic E-state index is 11.3. The van der Waals surface area contributed by atoms with Gasteiger partial charge in [-0.2, -0.15) is 0 Å². The van der Waals surface area contributed by atoms with Gasteiger partial charge in [-0.25, -0.2) is 0 Å². The van der Waals surface area contributed by atoms with Crippen LogP contribution < -0.4 is 4.74 Å². The number of rotatable bonds is 4. The second-order valence-electron chi connectivity index (χ2n) is 3.66. The van der Waals surface area contributed by atoms with Gasteiger partial charge in [-0.1, -0.05) is 33.3 Å². The number of benzene rings is 1. The molecule has 1 heterocycles. The van der Waals surface area contributed by atoms with Crippen molar-refractivity contribution in [2.45, 2.75) is 6.92 Å². The highest BCUT2D eigenvalue weighted by Gasteiger charge is 2.22. The van der Waals surface area contributed by atoms with E-state index in [1.54, 1.807) is 18.2 Å². The summed E-state index contributed by atoms with van der Waals surface area (Å²) in [6, 6.07) is 8.18. The average Bonchev–Trinajstić information content (AvgIpc) is 2.73. The highest BCUT2D eigenvalue weighted by Crippen LogP contribution is 2.40. The summed E-state index contributed by atoms with van der Waals surface area (Å²) in [5.41, 5.74) is -0.199. The van der Waals surface area contributed by atoms with Crippen LogP contribution in [0.1, 0.15) is 16.6 Å². The van der Waals surface area contributed by atoms with Crippen molar-refractivity contribution in [3.05, 3.63) is 49.8 Å². The molecular formula is C12H8BrNO4S. The summed E-state index contributed by atoms with van der Waals surface area (Å²) in [5, 5.41) is 11.0. The first-order valence-electron chi connectivity index (χ1n) is 5.20. The number of thiophene rings is 1. The van der Waals surface area contributed by atoms with Crippen molar-refractivity contribution in [3.63, 3.8) is 0 Å². The molecule has 5 nitrogen and oxygen atoms in total. The largest absolute Gasteiger partial charge is 0.440 e. The molecule has 0 aliphatic rings. The Kier molecular flexibility index (Phi) is 3.96. The predicted octanol–water partition coefficient (Wildman–Crippen LogP) is 4.41. The Balaban J connectivity index is 2.38. The number of hydrogen-bond donors (Lipinski definition) is 0. The van der Waals surface area contributed by atoms with Crippen LogP contribution in [-0.4, -0.2) is 10.7 Å². The van der Waals surface area contributed by atoms with Crippen LogP contribution in [0, 0.1) is 10.1 Å². The topological polar surface area (TPSA) is 69.4 Å². The number of halogens is 1. The molecule has 1 aromatic carbocycles. The van der Waals surface area contributed by atoms with Crippen molar-refractivity contribution in [1.82, 2.24) is 0 Å². The molecule has 2 rings (SSSR count). The van der Waals surface area contributed by atoms with Gasteiger partial charge in [0.2, 0.25) is 0 Å². The zero-order chi connectivity index (χ0) is 14.0. The number of carbonyl (C=O) groups is 1. The van der Waals surface area contributed by atoms with Crippen molar-refractivity contribution < 1.29 is 14.5 Å². The van der Waals surface area contributed by atoms with Gasteiger partial charge in [-0.3, -0.25) is 14.9 Å². The lowest BCUT2D eigenvalue weighted by atomic mass is 10.3. The van der Waals surface area contributed by atoms with Gasteiger partial charge in [0.15, 0.2) is 5.78 Å². The molecule has 0 saturated heterocycles. The zero-order valence-corrected chi connectivity index (χ0v) is 12.2. The number of hydrogen-bond acceptors (Lipinski definition) is 5. The number of carbonyl (C=O) groups excluding carboxylic acids is 1. The minimum absolute atomic E-state index is 0.105. The Labute approximate surface area is 121 Å².